The second kappa shape index (κ2) is 54.4. The molecular weight excluding hydrogens is 817 g/mol. The Kier molecular flexibility index (Phi) is 53.0. The molecule has 0 aliphatic rings. The van der Waals surface area contributed by atoms with Gasteiger partial charge in [-0.05, 0) is 25.2 Å². The minimum absolute atomic E-state index is 0.0622. The molecule has 6 nitrogen and oxygen atoms in total. The third-order valence-corrected chi connectivity index (χ3v) is 13.8. The molecule has 66 heavy (non-hydrogen) atoms. The van der Waals surface area contributed by atoms with Gasteiger partial charge in [0.05, 0.1) is 0 Å². The number of hydrogen-bond donors (Lipinski definition) is 0. The summed E-state index contributed by atoms with van der Waals surface area (Å²) < 4.78 is 16.9. The summed E-state index contributed by atoms with van der Waals surface area (Å²) in [7, 11) is 0. The van der Waals surface area contributed by atoms with Crippen molar-refractivity contribution in [3.8, 4) is 0 Å². The van der Waals surface area contributed by atoms with Crippen LogP contribution in [0.1, 0.15) is 342 Å². The van der Waals surface area contributed by atoms with Gasteiger partial charge in [0.1, 0.15) is 13.2 Å². The van der Waals surface area contributed by atoms with Crippen LogP contribution in [-0.2, 0) is 28.6 Å². The minimum Gasteiger partial charge on any atom is -0.462 e. The van der Waals surface area contributed by atoms with Gasteiger partial charge in [0.25, 0.3) is 0 Å². The van der Waals surface area contributed by atoms with Crippen molar-refractivity contribution in [3.05, 3.63) is 0 Å². The van der Waals surface area contributed by atoms with E-state index < -0.39 is 6.10 Å². The summed E-state index contributed by atoms with van der Waals surface area (Å²) in [6.07, 6.45) is 59.6. The Bertz CT molecular complexity index is 996. The third kappa shape index (κ3) is 53.4. The molecule has 0 aromatic heterocycles. The highest BCUT2D eigenvalue weighted by atomic mass is 16.6. The zero-order chi connectivity index (χ0) is 48.1. The van der Waals surface area contributed by atoms with Crippen LogP contribution in [0.3, 0.4) is 0 Å². The first kappa shape index (κ1) is 64.4. The van der Waals surface area contributed by atoms with Gasteiger partial charge in [-0.25, -0.2) is 0 Å². The zero-order valence-electron chi connectivity index (χ0n) is 45.2. The highest BCUT2D eigenvalue weighted by Gasteiger charge is 2.19. The Morgan fingerprint density at radius 3 is 0.742 bits per heavy atom. The normalized spacial score (nSPS) is 12.0. The van der Waals surface area contributed by atoms with E-state index in [1.807, 2.05) is 0 Å². The van der Waals surface area contributed by atoms with Gasteiger partial charge < -0.3 is 14.2 Å². The molecule has 0 spiro atoms. The van der Waals surface area contributed by atoms with E-state index in [2.05, 4.69) is 27.7 Å². The van der Waals surface area contributed by atoms with E-state index in [9.17, 15) is 14.4 Å². The van der Waals surface area contributed by atoms with E-state index in [1.165, 1.54) is 238 Å². The van der Waals surface area contributed by atoms with Crippen molar-refractivity contribution >= 4 is 17.9 Å². The summed E-state index contributed by atoms with van der Waals surface area (Å²) in [6.45, 7) is 9.03. The average molecular weight is 934 g/mol. The summed E-state index contributed by atoms with van der Waals surface area (Å²) in [4.78, 5) is 38.1. The van der Waals surface area contributed by atoms with Crippen LogP contribution in [0, 0.1) is 5.92 Å². The van der Waals surface area contributed by atoms with Gasteiger partial charge in [0.2, 0.25) is 0 Å². The molecular formula is C60H116O6. The molecule has 6 heteroatoms. The summed E-state index contributed by atoms with van der Waals surface area (Å²) in [5.41, 5.74) is 0. The van der Waals surface area contributed by atoms with E-state index >= 15 is 0 Å². The number of carbonyl (C=O) groups excluding carboxylic acids is 3. The molecule has 0 heterocycles. The lowest BCUT2D eigenvalue weighted by atomic mass is 10.0. The quantitative estimate of drug-likeness (QED) is 0.0343. The molecule has 0 saturated carbocycles. The van der Waals surface area contributed by atoms with E-state index in [1.54, 1.807) is 0 Å². The van der Waals surface area contributed by atoms with Gasteiger partial charge in [0, 0.05) is 19.3 Å². The van der Waals surface area contributed by atoms with Gasteiger partial charge in [-0.2, -0.15) is 0 Å². The van der Waals surface area contributed by atoms with Crippen LogP contribution in [-0.4, -0.2) is 37.2 Å². The van der Waals surface area contributed by atoms with Crippen molar-refractivity contribution in [2.24, 2.45) is 5.92 Å². The SMILES string of the molecule is CCCCCCCCCCCCCCCCCCCCCC(=O)OC[C@@H](COC(=O)CCCCCCCCCCC(C)C)OC(=O)CCCCCCCCCCCCCCCCCCCC. The number of hydrogen-bond acceptors (Lipinski definition) is 6. The van der Waals surface area contributed by atoms with Gasteiger partial charge in [0.15, 0.2) is 6.10 Å². The minimum atomic E-state index is -0.762. The van der Waals surface area contributed by atoms with E-state index in [0.717, 1.165) is 63.7 Å². The van der Waals surface area contributed by atoms with Crippen molar-refractivity contribution in [1.29, 1.82) is 0 Å². The molecule has 0 aromatic carbocycles. The fourth-order valence-electron chi connectivity index (χ4n) is 9.28. The van der Waals surface area contributed by atoms with E-state index in [4.69, 9.17) is 14.2 Å². The Hall–Kier alpha value is -1.59. The summed E-state index contributed by atoms with van der Waals surface area (Å²) in [6, 6.07) is 0. The second-order valence-electron chi connectivity index (χ2n) is 21.1. The molecule has 0 amide bonds. The van der Waals surface area contributed by atoms with Crippen molar-refractivity contribution in [2.45, 2.75) is 348 Å². The number of ether oxygens (including phenoxy) is 3. The lowest BCUT2D eigenvalue weighted by Gasteiger charge is -2.18. The largest absolute Gasteiger partial charge is 0.462 e. The maximum atomic E-state index is 12.9. The maximum Gasteiger partial charge on any atom is 0.306 e. The number of esters is 3. The predicted molar refractivity (Wildman–Crippen MR) is 284 cm³/mol. The predicted octanol–water partition coefficient (Wildman–Crippen LogP) is 19.8. The molecule has 0 bridgehead atoms. The Morgan fingerprint density at radius 2 is 0.500 bits per heavy atom. The first-order chi connectivity index (χ1) is 32.4. The van der Waals surface area contributed by atoms with E-state index in [0.29, 0.717) is 19.3 Å². The molecule has 0 fully saturated rings. The highest BCUT2D eigenvalue weighted by molar-refractivity contribution is 5.71. The number of carbonyl (C=O) groups is 3. The number of rotatable bonds is 55. The van der Waals surface area contributed by atoms with Crippen molar-refractivity contribution < 1.29 is 28.6 Å². The smallest absolute Gasteiger partial charge is 0.306 e. The highest BCUT2D eigenvalue weighted by Crippen LogP contribution is 2.18. The third-order valence-electron chi connectivity index (χ3n) is 13.8. The van der Waals surface area contributed by atoms with Crippen LogP contribution < -0.4 is 0 Å². The molecule has 0 unspecified atom stereocenters. The lowest BCUT2D eigenvalue weighted by Crippen LogP contribution is -2.30. The maximum absolute atomic E-state index is 12.9. The second-order valence-corrected chi connectivity index (χ2v) is 21.1. The molecule has 0 aromatic rings. The molecule has 0 aliphatic carbocycles. The zero-order valence-corrected chi connectivity index (χ0v) is 45.2. The fourth-order valence-corrected chi connectivity index (χ4v) is 9.28. The van der Waals surface area contributed by atoms with Crippen LogP contribution in [0.4, 0.5) is 0 Å². The van der Waals surface area contributed by atoms with Crippen molar-refractivity contribution in [2.75, 3.05) is 13.2 Å². The first-order valence-corrected chi connectivity index (χ1v) is 29.9. The standard InChI is InChI=1S/C60H116O6/c1-5-7-9-11-13-15-17-19-21-23-25-27-28-30-32-34-39-43-47-51-58(61)64-54-57(55-65-59(62)52-48-44-40-37-36-38-42-46-50-56(3)4)66-60(63)53-49-45-41-35-33-31-29-26-24-22-20-18-16-14-12-10-8-6-2/h56-57H,5-55H2,1-4H3/t57-/m0/s1. The van der Waals surface area contributed by atoms with Crippen LogP contribution in [0.5, 0.6) is 0 Å². The van der Waals surface area contributed by atoms with Gasteiger partial charge >= 0.3 is 17.9 Å². The molecule has 0 saturated heterocycles. The average Bonchev–Trinajstić information content (AvgIpc) is 3.30. The first-order valence-electron chi connectivity index (χ1n) is 29.9. The van der Waals surface area contributed by atoms with Crippen LogP contribution in [0.15, 0.2) is 0 Å². The molecule has 1 atom stereocenters. The lowest BCUT2D eigenvalue weighted by molar-refractivity contribution is -0.167. The van der Waals surface area contributed by atoms with Crippen molar-refractivity contribution in [1.82, 2.24) is 0 Å². The van der Waals surface area contributed by atoms with Crippen LogP contribution in [0.25, 0.3) is 0 Å². The Morgan fingerprint density at radius 1 is 0.288 bits per heavy atom. The molecule has 0 N–H and O–H groups in total. The summed E-state index contributed by atoms with van der Waals surface area (Å²) >= 11 is 0. The molecule has 392 valence electrons. The summed E-state index contributed by atoms with van der Waals surface area (Å²) in [5.74, 6) is -0.0402. The van der Waals surface area contributed by atoms with Gasteiger partial charge in [-0.1, -0.05) is 304 Å². The van der Waals surface area contributed by atoms with Crippen molar-refractivity contribution in [3.63, 3.8) is 0 Å². The topological polar surface area (TPSA) is 78.9 Å². The number of unbranched alkanes of at least 4 members (excludes halogenated alkanes) is 42. The van der Waals surface area contributed by atoms with E-state index in [-0.39, 0.29) is 31.1 Å². The molecule has 0 aliphatic heterocycles. The Labute approximate surface area is 412 Å². The van der Waals surface area contributed by atoms with Gasteiger partial charge in [-0.15, -0.1) is 0 Å². The van der Waals surface area contributed by atoms with Crippen LogP contribution >= 0.6 is 0 Å². The monoisotopic (exact) mass is 933 g/mol. The van der Waals surface area contributed by atoms with Gasteiger partial charge in [-0.3, -0.25) is 14.4 Å². The fraction of sp³-hybridized carbons (Fsp3) is 0.950. The summed E-state index contributed by atoms with van der Waals surface area (Å²) in [5, 5.41) is 0. The molecule has 0 rings (SSSR count). The van der Waals surface area contributed by atoms with Crippen LogP contribution in [0.2, 0.25) is 0 Å². The Balaban J connectivity index is 4.24. The molecule has 0 radical (unpaired) electrons.